The maximum Gasteiger partial charge on any atom is 0.276 e. The smallest absolute Gasteiger partial charge is 0.276 e. The van der Waals surface area contributed by atoms with Crippen molar-refractivity contribution in [2.24, 2.45) is 5.10 Å². The molecule has 0 saturated heterocycles. The third-order valence-corrected chi connectivity index (χ3v) is 5.53. The molecule has 3 aromatic carbocycles. The average Bonchev–Trinajstić information content (AvgIpc) is 3.24. The van der Waals surface area contributed by atoms with E-state index >= 15 is 0 Å². The third kappa shape index (κ3) is 3.99. The van der Waals surface area contributed by atoms with Crippen LogP contribution in [0.25, 0.3) is 0 Å². The largest absolute Gasteiger partial charge is 0.493 e. The Morgan fingerprint density at radius 2 is 1.74 bits per heavy atom. The lowest BCUT2D eigenvalue weighted by Crippen LogP contribution is -2.27. The highest BCUT2D eigenvalue weighted by atomic mass is 35.5. The molecule has 5 nitrogen and oxygen atoms in total. The van der Waals surface area contributed by atoms with E-state index < -0.39 is 17.8 Å². The average molecular weight is 439 g/mol. The molecule has 4 rings (SSSR count). The fourth-order valence-corrected chi connectivity index (χ4v) is 3.85. The van der Waals surface area contributed by atoms with Crippen molar-refractivity contribution in [3.63, 3.8) is 0 Å². The number of halogens is 2. The lowest BCUT2D eigenvalue weighted by molar-refractivity contribution is 0.0709. The molecule has 0 radical (unpaired) electrons. The Labute approximate surface area is 184 Å². The van der Waals surface area contributed by atoms with Gasteiger partial charge in [0.1, 0.15) is 5.82 Å². The zero-order chi connectivity index (χ0) is 22.0. The van der Waals surface area contributed by atoms with Crippen LogP contribution in [0.4, 0.5) is 4.39 Å². The van der Waals surface area contributed by atoms with Crippen LogP contribution in [0.1, 0.15) is 33.9 Å². The van der Waals surface area contributed by atoms with Crippen molar-refractivity contribution in [1.29, 1.82) is 0 Å². The van der Waals surface area contributed by atoms with E-state index in [4.69, 9.17) is 21.1 Å². The lowest BCUT2D eigenvalue weighted by Gasteiger charge is -2.22. The van der Waals surface area contributed by atoms with Gasteiger partial charge in [0.25, 0.3) is 5.91 Å². The topological polar surface area (TPSA) is 51.1 Å². The minimum absolute atomic E-state index is 0.308. The number of rotatable bonds is 5. The predicted molar refractivity (Wildman–Crippen MR) is 117 cm³/mol. The number of ether oxygens (including phenoxy) is 2. The van der Waals surface area contributed by atoms with Gasteiger partial charge in [-0.15, -0.1) is 0 Å². The van der Waals surface area contributed by atoms with Gasteiger partial charge in [0.05, 0.1) is 36.6 Å². The Morgan fingerprint density at radius 3 is 2.45 bits per heavy atom. The summed E-state index contributed by atoms with van der Waals surface area (Å²) in [6.45, 7) is 0. The van der Waals surface area contributed by atoms with Gasteiger partial charge in [0.15, 0.2) is 11.5 Å². The highest BCUT2D eigenvalue weighted by Crippen LogP contribution is 2.37. The van der Waals surface area contributed by atoms with Crippen molar-refractivity contribution in [2.75, 3.05) is 14.2 Å². The standard InChI is InChI=1S/C24H20ClFN2O3/c1-30-22-12-11-15(13-23(22)31-2)20-14-21(17-8-4-6-10-19(17)26)28(27-20)24(29)16-7-3-5-9-18(16)25/h3-13,21H,14H2,1-2H3/t21-/m0/s1. The summed E-state index contributed by atoms with van der Waals surface area (Å²) < 4.78 is 25.3. The summed E-state index contributed by atoms with van der Waals surface area (Å²) in [4.78, 5) is 13.3. The number of hydrogen-bond acceptors (Lipinski definition) is 4. The second-order valence-electron chi connectivity index (χ2n) is 6.99. The highest BCUT2D eigenvalue weighted by Gasteiger charge is 2.35. The predicted octanol–water partition coefficient (Wildman–Crippen LogP) is 5.49. The van der Waals surface area contributed by atoms with E-state index in [-0.39, 0.29) is 0 Å². The molecule has 158 valence electrons. The molecule has 0 N–H and O–H groups in total. The van der Waals surface area contributed by atoms with E-state index in [1.54, 1.807) is 68.8 Å². The molecule has 0 aliphatic carbocycles. The summed E-state index contributed by atoms with van der Waals surface area (Å²) in [5.74, 6) is 0.336. The number of methoxy groups -OCH3 is 2. The fraction of sp³-hybridized carbons (Fsp3) is 0.167. The molecule has 1 heterocycles. The quantitative estimate of drug-likeness (QED) is 0.529. The number of hydrazone groups is 1. The SMILES string of the molecule is COc1ccc(C2=NN(C(=O)c3ccccc3Cl)[C@H](c3ccccc3F)C2)cc1OC. The maximum absolute atomic E-state index is 14.7. The van der Waals surface area contributed by atoms with E-state index in [0.29, 0.717) is 39.8 Å². The second kappa shape index (κ2) is 8.78. The van der Waals surface area contributed by atoms with Crippen molar-refractivity contribution < 1.29 is 18.7 Å². The molecular formula is C24H20ClFN2O3. The summed E-state index contributed by atoms with van der Waals surface area (Å²) in [6, 6.07) is 17.9. The number of carbonyl (C=O) groups excluding carboxylic acids is 1. The van der Waals surface area contributed by atoms with Crippen molar-refractivity contribution >= 4 is 23.2 Å². The van der Waals surface area contributed by atoms with Gasteiger partial charge in [-0.05, 0) is 36.4 Å². The number of benzene rings is 3. The Bertz CT molecular complexity index is 1170. The summed E-state index contributed by atoms with van der Waals surface area (Å²) in [7, 11) is 3.11. The van der Waals surface area contributed by atoms with Crippen LogP contribution in [0.2, 0.25) is 5.02 Å². The van der Waals surface area contributed by atoms with E-state index in [1.807, 2.05) is 6.07 Å². The molecule has 0 aromatic heterocycles. The van der Waals surface area contributed by atoms with Crippen LogP contribution >= 0.6 is 11.6 Å². The molecule has 3 aromatic rings. The Balaban J connectivity index is 1.78. The number of carbonyl (C=O) groups is 1. The molecule has 31 heavy (non-hydrogen) atoms. The van der Waals surface area contributed by atoms with Crippen LogP contribution in [0.3, 0.4) is 0 Å². The molecule has 7 heteroatoms. The normalized spacial score (nSPS) is 15.5. The first kappa shape index (κ1) is 20.9. The number of hydrogen-bond donors (Lipinski definition) is 0. The van der Waals surface area contributed by atoms with E-state index in [2.05, 4.69) is 5.10 Å². The molecular weight excluding hydrogens is 419 g/mol. The van der Waals surface area contributed by atoms with Crippen molar-refractivity contribution in [3.05, 3.63) is 94.3 Å². The molecule has 0 spiro atoms. The Kier molecular flexibility index (Phi) is 5.91. The van der Waals surface area contributed by atoms with Gasteiger partial charge in [0, 0.05) is 17.5 Å². The van der Waals surface area contributed by atoms with Gasteiger partial charge < -0.3 is 9.47 Å². The maximum atomic E-state index is 14.7. The summed E-state index contributed by atoms with van der Waals surface area (Å²) >= 11 is 6.25. The first-order valence-electron chi connectivity index (χ1n) is 9.66. The second-order valence-corrected chi connectivity index (χ2v) is 7.39. The summed E-state index contributed by atoms with van der Waals surface area (Å²) in [6.07, 6.45) is 0.340. The highest BCUT2D eigenvalue weighted by molar-refractivity contribution is 6.33. The number of amides is 1. The van der Waals surface area contributed by atoms with Gasteiger partial charge in [-0.2, -0.15) is 5.10 Å². The molecule has 0 unspecified atom stereocenters. The zero-order valence-corrected chi connectivity index (χ0v) is 17.8. The van der Waals surface area contributed by atoms with Crippen LogP contribution in [0.5, 0.6) is 11.5 Å². The zero-order valence-electron chi connectivity index (χ0n) is 17.0. The van der Waals surface area contributed by atoms with Crippen LogP contribution in [0.15, 0.2) is 71.8 Å². The van der Waals surface area contributed by atoms with Crippen molar-refractivity contribution in [1.82, 2.24) is 5.01 Å². The van der Waals surface area contributed by atoms with Crippen molar-refractivity contribution in [2.45, 2.75) is 12.5 Å². The third-order valence-electron chi connectivity index (χ3n) is 5.20. The molecule has 1 atom stereocenters. The van der Waals surface area contributed by atoms with Crippen molar-refractivity contribution in [3.8, 4) is 11.5 Å². The molecule has 0 bridgehead atoms. The van der Waals surface area contributed by atoms with Crippen LogP contribution in [-0.4, -0.2) is 30.8 Å². The van der Waals surface area contributed by atoms with Gasteiger partial charge in [-0.25, -0.2) is 9.40 Å². The van der Waals surface area contributed by atoms with Crippen LogP contribution < -0.4 is 9.47 Å². The van der Waals surface area contributed by atoms with E-state index in [1.165, 1.54) is 11.1 Å². The minimum atomic E-state index is -0.604. The van der Waals surface area contributed by atoms with Gasteiger partial charge in [-0.3, -0.25) is 4.79 Å². The molecule has 0 fully saturated rings. The van der Waals surface area contributed by atoms with Crippen LogP contribution in [0, 0.1) is 5.82 Å². The lowest BCUT2D eigenvalue weighted by atomic mass is 9.97. The Hall–Kier alpha value is -3.38. The van der Waals surface area contributed by atoms with Gasteiger partial charge in [-0.1, -0.05) is 41.9 Å². The fourth-order valence-electron chi connectivity index (χ4n) is 3.63. The minimum Gasteiger partial charge on any atom is -0.493 e. The first-order valence-corrected chi connectivity index (χ1v) is 10.0. The first-order chi connectivity index (χ1) is 15.0. The monoisotopic (exact) mass is 438 g/mol. The molecule has 1 amide bonds. The van der Waals surface area contributed by atoms with Gasteiger partial charge in [0.2, 0.25) is 0 Å². The van der Waals surface area contributed by atoms with Gasteiger partial charge >= 0.3 is 0 Å². The van der Waals surface area contributed by atoms with E-state index in [9.17, 15) is 9.18 Å². The molecule has 1 aliphatic heterocycles. The summed E-state index contributed by atoms with van der Waals surface area (Å²) in [5, 5.41) is 6.21. The Morgan fingerprint density at radius 1 is 1.03 bits per heavy atom. The van der Waals surface area contributed by atoms with Crippen LogP contribution in [-0.2, 0) is 0 Å². The van der Waals surface area contributed by atoms with E-state index in [0.717, 1.165) is 5.56 Å². The molecule has 0 saturated carbocycles. The number of nitrogens with zero attached hydrogens (tertiary/aromatic N) is 2. The molecule has 1 aliphatic rings. The summed E-state index contributed by atoms with van der Waals surface area (Å²) in [5.41, 5.74) is 2.09.